The number of aryl methyl sites for hydroxylation is 1. The second-order valence-electron chi connectivity index (χ2n) is 18.4. The fraction of sp³-hybridized carbons (Fsp3) is 0.255. The van der Waals surface area contributed by atoms with Gasteiger partial charge in [0.2, 0.25) is 31.9 Å². The molecule has 0 saturated carbocycles. The van der Waals surface area contributed by atoms with Gasteiger partial charge >= 0.3 is 11.4 Å². The Bertz CT molecular complexity index is 4180. The van der Waals surface area contributed by atoms with Gasteiger partial charge in [-0.25, -0.2) is 48.7 Å². The quantitative estimate of drug-likeness (QED) is 0.0600. The van der Waals surface area contributed by atoms with Crippen LogP contribution in [0.15, 0.2) is 114 Å². The number of phenolic OH excluding ortho intramolecular Hbond substituents is 1. The number of benzene rings is 5. The van der Waals surface area contributed by atoms with Crippen molar-refractivity contribution in [2.24, 2.45) is 0 Å². The van der Waals surface area contributed by atoms with Gasteiger partial charge in [-0.15, -0.1) is 0 Å². The molecule has 0 atom stereocenters. The Balaban J connectivity index is 0.000000226. The smallest absolute Gasteiger partial charge is 0.349 e. The molecule has 0 unspecified atom stereocenters. The number of methoxy groups -OCH3 is 1. The molecule has 4 heterocycles. The summed E-state index contributed by atoms with van der Waals surface area (Å²) < 4.78 is 127. The lowest BCUT2D eigenvalue weighted by Gasteiger charge is -2.33. The van der Waals surface area contributed by atoms with Crippen LogP contribution in [-0.4, -0.2) is 124 Å². The number of halogens is 8. The Morgan fingerprint density at radius 1 is 0.659 bits per heavy atom. The fourth-order valence-corrected chi connectivity index (χ4v) is 11.8. The third-order valence-corrected chi connectivity index (χ3v) is 17.2. The molecule has 2 aliphatic heterocycles. The molecule has 7 aromatic rings. The molecule has 0 bridgehead atoms. The zero-order valence-electron chi connectivity index (χ0n) is 43.8. The normalized spacial score (nSPS) is 13.3. The highest BCUT2D eigenvalue weighted by atomic mass is 35.5. The van der Waals surface area contributed by atoms with Crippen LogP contribution in [0, 0.1) is 6.92 Å². The summed E-state index contributed by atoms with van der Waals surface area (Å²) >= 11 is 25.2. The summed E-state index contributed by atoms with van der Waals surface area (Å²) in [5.41, 5.74) is -6.64. The van der Waals surface area contributed by atoms with Gasteiger partial charge in [-0.05, 0) is 85.5 Å². The van der Waals surface area contributed by atoms with Crippen LogP contribution in [0.2, 0.25) is 20.1 Å². The Morgan fingerprint density at radius 2 is 1.09 bits per heavy atom. The molecule has 450 valence electrons. The predicted molar refractivity (Wildman–Crippen MR) is 298 cm³/mol. The van der Waals surface area contributed by atoms with E-state index >= 15 is 0 Å². The van der Waals surface area contributed by atoms with Gasteiger partial charge in [0.1, 0.15) is 27.9 Å². The van der Waals surface area contributed by atoms with Crippen LogP contribution in [0.25, 0.3) is 11.4 Å². The first kappa shape index (κ1) is 63.2. The zero-order chi connectivity index (χ0) is 61.8. The van der Waals surface area contributed by atoms with E-state index in [1.165, 1.54) is 36.3 Å². The molecular weight excluding hydrogens is 1260 g/mol. The van der Waals surface area contributed by atoms with Crippen molar-refractivity contribution in [3.63, 3.8) is 0 Å². The number of carbonyl (C=O) groups is 2. The maximum absolute atomic E-state index is 14.1. The summed E-state index contributed by atoms with van der Waals surface area (Å²) in [6.07, 6.45) is -4.84. The van der Waals surface area contributed by atoms with E-state index in [-0.39, 0.29) is 78.4 Å². The molecule has 9 rings (SSSR count). The molecule has 5 aromatic carbocycles. The van der Waals surface area contributed by atoms with Crippen molar-refractivity contribution in [1.82, 2.24) is 48.4 Å². The first-order valence-corrected chi connectivity index (χ1v) is 29.1. The molecular formula is C51H44Cl4F4N10O14S2. The van der Waals surface area contributed by atoms with Crippen LogP contribution < -0.4 is 41.4 Å². The number of rotatable bonds is 19. The second kappa shape index (κ2) is 26.2. The van der Waals surface area contributed by atoms with Crippen molar-refractivity contribution in [3.05, 3.63) is 169 Å². The summed E-state index contributed by atoms with van der Waals surface area (Å²) in [6.45, 7) is 2.79. The first-order chi connectivity index (χ1) is 40.1. The van der Waals surface area contributed by atoms with E-state index in [0.717, 1.165) is 53.5 Å². The van der Waals surface area contributed by atoms with Crippen molar-refractivity contribution < 1.29 is 63.3 Å². The first-order valence-electron chi connectivity index (χ1n) is 24.7. The minimum atomic E-state index is -4.33. The van der Waals surface area contributed by atoms with Gasteiger partial charge in [-0.2, -0.15) is 23.9 Å². The molecule has 0 aliphatic carbocycles. The van der Waals surface area contributed by atoms with E-state index < -0.39 is 89.9 Å². The topological polar surface area (TPSA) is 308 Å². The van der Waals surface area contributed by atoms with Gasteiger partial charge in [0.15, 0.2) is 22.9 Å². The van der Waals surface area contributed by atoms with E-state index in [0.29, 0.717) is 52.4 Å². The van der Waals surface area contributed by atoms with Crippen molar-refractivity contribution in [1.29, 1.82) is 0 Å². The SMILES string of the molecule is COc1ccc(CN(CC(=O)N2CCC2)S(=O)(=O)c2cc(Oc3c(Cl)cc(-n4nc(C(F)F)c(=O)[nH]c4=O)cc3Cl)ccc2C)cc1.O=C(CNS(=O)(=O)c1cc(Oc2c(Cl)cc(-n3nc(C(F)F)c(=O)[nH]c3=O)cc2Cl)ccc1O)N1CCC1. The molecule has 4 N–H and O–H groups in total. The average Bonchev–Trinajstić information content (AvgIpc) is 2.78. The molecule has 2 aliphatic rings. The van der Waals surface area contributed by atoms with Crippen LogP contribution in [-0.2, 0) is 36.2 Å². The third kappa shape index (κ3) is 14.5. The minimum Gasteiger partial charge on any atom is -0.507 e. The highest BCUT2D eigenvalue weighted by Crippen LogP contribution is 2.41. The molecule has 34 heteroatoms. The van der Waals surface area contributed by atoms with E-state index in [4.69, 9.17) is 60.6 Å². The summed E-state index contributed by atoms with van der Waals surface area (Å²) in [4.78, 5) is 78.4. The number of nitrogens with one attached hydrogen (secondary N) is 3. The maximum Gasteiger partial charge on any atom is 0.349 e. The fourth-order valence-electron chi connectivity index (χ4n) is 7.95. The molecule has 0 spiro atoms. The largest absolute Gasteiger partial charge is 0.507 e. The number of hydrogen-bond acceptors (Lipinski definition) is 16. The number of likely N-dealkylation sites (tertiary alicyclic amines) is 2. The molecule has 24 nitrogen and oxygen atoms in total. The molecule has 0 radical (unpaired) electrons. The molecule has 2 fully saturated rings. The van der Waals surface area contributed by atoms with Crippen LogP contribution in [0.1, 0.15) is 48.2 Å². The lowest BCUT2D eigenvalue weighted by Crippen LogP contribution is -2.48. The number of aromatic nitrogens is 6. The summed E-state index contributed by atoms with van der Waals surface area (Å²) in [5, 5.41) is 16.1. The van der Waals surface area contributed by atoms with Gasteiger partial charge < -0.3 is 29.1 Å². The van der Waals surface area contributed by atoms with Gasteiger partial charge in [0, 0.05) is 44.9 Å². The van der Waals surface area contributed by atoms with Crippen molar-refractivity contribution in [2.45, 2.75) is 49.0 Å². The molecule has 2 aromatic heterocycles. The Labute approximate surface area is 497 Å². The van der Waals surface area contributed by atoms with Crippen LogP contribution in [0.3, 0.4) is 0 Å². The summed E-state index contributed by atoms with van der Waals surface area (Å²) in [6, 6.07) is 18.7. The number of H-pyrrole nitrogens is 2. The molecule has 2 saturated heterocycles. The van der Waals surface area contributed by atoms with E-state index in [9.17, 15) is 68.3 Å². The third-order valence-electron chi connectivity index (χ3n) is 12.7. The highest BCUT2D eigenvalue weighted by molar-refractivity contribution is 7.89. The highest BCUT2D eigenvalue weighted by Gasteiger charge is 2.33. The van der Waals surface area contributed by atoms with E-state index in [2.05, 4.69) is 14.9 Å². The van der Waals surface area contributed by atoms with E-state index in [1.54, 1.807) is 46.1 Å². The predicted octanol–water partition coefficient (Wildman–Crippen LogP) is 6.87. The number of aromatic hydroxyl groups is 1. The number of carbonyl (C=O) groups excluding carboxylic acids is 2. The van der Waals surface area contributed by atoms with Crippen LogP contribution in [0.5, 0.6) is 34.5 Å². The lowest BCUT2D eigenvalue weighted by atomic mass is 10.2. The number of phenols is 1. The Morgan fingerprint density at radius 3 is 1.53 bits per heavy atom. The number of alkyl halides is 4. The maximum atomic E-state index is 14.1. The molecule has 85 heavy (non-hydrogen) atoms. The zero-order valence-corrected chi connectivity index (χ0v) is 48.5. The van der Waals surface area contributed by atoms with Gasteiger partial charge in [0.25, 0.3) is 24.0 Å². The lowest BCUT2D eigenvalue weighted by molar-refractivity contribution is -0.135. The number of sulfonamides is 2. The number of nitrogens with zero attached hydrogens (tertiary/aromatic N) is 7. The summed E-state index contributed by atoms with van der Waals surface area (Å²) in [5.74, 6) is -1.23. The van der Waals surface area contributed by atoms with Crippen molar-refractivity contribution >= 4 is 78.3 Å². The van der Waals surface area contributed by atoms with Crippen molar-refractivity contribution in [3.8, 4) is 45.9 Å². The van der Waals surface area contributed by atoms with Gasteiger partial charge in [-0.1, -0.05) is 64.6 Å². The number of aromatic amines is 2. The van der Waals surface area contributed by atoms with Gasteiger partial charge in [0.05, 0.1) is 56.6 Å². The number of ether oxygens (including phenoxy) is 3. The number of amides is 2. The van der Waals surface area contributed by atoms with Crippen LogP contribution in [0.4, 0.5) is 17.6 Å². The number of hydrogen-bond donors (Lipinski definition) is 4. The Kier molecular flexibility index (Phi) is 19.5. The molecule has 2 amide bonds. The van der Waals surface area contributed by atoms with Crippen LogP contribution >= 0.6 is 46.4 Å². The standard InChI is InChI=1S/C30H27Cl2F2N5O7S.C21H17Cl2F2N5O7S/c1-17-4-7-21(46-27-22(31)12-19(13-23(27)32)39-30(42)35-29(41)26(36-39)28(33)34)14-24(17)47(43,44)38(16-25(40)37-10-3-11-37)15-18-5-8-20(45-2)9-6-18;22-12-6-10(30-21(34)27-20(33)17(28-30)19(24)25)7-13(23)18(12)37-11-2-3-14(31)15(8-11)38(35,36)26-9-16(32)29-4-1-5-29/h4-9,12-14,28H,3,10-11,15-16H2,1-2H3,(H,35,41,42);2-3,6-8,19,26,31H,1,4-5,9H2,(H,27,33,34). The van der Waals surface area contributed by atoms with E-state index in [1.807, 2.05) is 0 Å². The summed E-state index contributed by atoms with van der Waals surface area (Å²) in [7, 11) is -7.10. The average molecular weight is 1300 g/mol. The monoisotopic (exact) mass is 1300 g/mol. The second-order valence-corrected chi connectivity index (χ2v) is 23.6. The minimum absolute atomic E-state index is 0.0171. The van der Waals surface area contributed by atoms with Crippen molar-refractivity contribution in [2.75, 3.05) is 46.4 Å². The van der Waals surface area contributed by atoms with Gasteiger partial charge in [-0.3, -0.25) is 29.1 Å². The Hall–Kier alpha value is -7.84.